The number of hydrogen-bond donors (Lipinski definition) is 0. The molecule has 2 rings (SSSR count). The molecule has 0 aliphatic carbocycles. The molecule has 1 aliphatic rings. The highest BCUT2D eigenvalue weighted by Gasteiger charge is 2.18. The van der Waals surface area contributed by atoms with Gasteiger partial charge in [0.25, 0.3) is 5.91 Å². The first kappa shape index (κ1) is 13.9. The van der Waals surface area contributed by atoms with Crippen molar-refractivity contribution >= 4 is 23.5 Å². The van der Waals surface area contributed by atoms with E-state index in [1.165, 1.54) is 6.07 Å². The molecule has 0 radical (unpaired) electrons. The van der Waals surface area contributed by atoms with Gasteiger partial charge in [0.05, 0.1) is 5.56 Å². The summed E-state index contributed by atoms with van der Waals surface area (Å²) < 4.78 is 5.01. The summed E-state index contributed by atoms with van der Waals surface area (Å²) >= 11 is 5.79. The van der Waals surface area contributed by atoms with Crippen LogP contribution in [0.4, 0.5) is 0 Å². The molecule has 0 atom stereocenters. The number of ether oxygens (including phenoxy) is 1. The van der Waals surface area contributed by atoms with Crippen molar-refractivity contribution in [3.8, 4) is 0 Å². The van der Waals surface area contributed by atoms with Gasteiger partial charge in [0.1, 0.15) is 0 Å². The minimum absolute atomic E-state index is 0.130. The number of likely N-dealkylation sites (tertiary alicyclic amines) is 1. The number of hydrogen-bond acceptors (Lipinski definition) is 3. The number of rotatable bonds is 3. The Labute approximate surface area is 117 Å². The fourth-order valence-corrected chi connectivity index (χ4v) is 2.25. The number of piperidine rings is 1. The molecule has 0 bridgehead atoms. The van der Waals surface area contributed by atoms with Crippen molar-refractivity contribution in [1.82, 2.24) is 4.90 Å². The number of halogens is 1. The maximum Gasteiger partial charge on any atom is 0.338 e. The summed E-state index contributed by atoms with van der Waals surface area (Å²) in [5.74, 6) is -0.650. The van der Waals surface area contributed by atoms with Gasteiger partial charge in [-0.15, -0.1) is 0 Å². The lowest BCUT2D eigenvalue weighted by atomic mass is 10.1. The smallest absolute Gasteiger partial charge is 0.338 e. The Balaban J connectivity index is 1.84. The van der Waals surface area contributed by atoms with Crippen LogP contribution in [0.15, 0.2) is 24.3 Å². The van der Waals surface area contributed by atoms with Crippen LogP contribution >= 0.6 is 11.6 Å². The maximum absolute atomic E-state index is 11.8. The zero-order chi connectivity index (χ0) is 13.7. The molecule has 1 saturated heterocycles. The van der Waals surface area contributed by atoms with E-state index in [1.807, 2.05) is 0 Å². The topological polar surface area (TPSA) is 46.6 Å². The molecule has 19 heavy (non-hydrogen) atoms. The lowest BCUT2D eigenvalue weighted by molar-refractivity contribution is -0.135. The number of carbonyl (C=O) groups is 2. The fraction of sp³-hybridized carbons (Fsp3) is 0.429. The van der Waals surface area contributed by atoms with Crippen molar-refractivity contribution in [3.05, 3.63) is 34.9 Å². The lowest BCUT2D eigenvalue weighted by Crippen LogP contribution is -2.38. The third kappa shape index (κ3) is 3.96. The Morgan fingerprint density at radius 1 is 1.21 bits per heavy atom. The summed E-state index contributed by atoms with van der Waals surface area (Å²) in [5, 5.41) is 0.469. The van der Waals surface area contributed by atoms with E-state index in [9.17, 15) is 9.59 Å². The quantitative estimate of drug-likeness (QED) is 0.800. The second kappa shape index (κ2) is 6.57. The van der Waals surface area contributed by atoms with Crippen LogP contribution in [0.2, 0.25) is 5.02 Å². The number of carbonyl (C=O) groups excluding carboxylic acids is 2. The van der Waals surface area contributed by atoms with E-state index in [-0.39, 0.29) is 12.5 Å². The Morgan fingerprint density at radius 2 is 1.95 bits per heavy atom. The maximum atomic E-state index is 11.8. The summed E-state index contributed by atoms with van der Waals surface area (Å²) in [5.41, 5.74) is 0.360. The predicted molar refractivity (Wildman–Crippen MR) is 72.2 cm³/mol. The van der Waals surface area contributed by atoms with E-state index in [0.29, 0.717) is 10.6 Å². The number of nitrogens with zero attached hydrogens (tertiary/aromatic N) is 1. The first-order chi connectivity index (χ1) is 9.16. The zero-order valence-electron chi connectivity index (χ0n) is 10.6. The molecule has 102 valence electrons. The minimum atomic E-state index is -0.521. The average Bonchev–Trinajstić information content (AvgIpc) is 2.45. The number of amides is 1. The molecule has 5 heteroatoms. The number of benzene rings is 1. The second-order valence-corrected chi connectivity index (χ2v) is 4.96. The molecule has 1 aliphatic heterocycles. The third-order valence-electron chi connectivity index (χ3n) is 3.10. The van der Waals surface area contributed by atoms with E-state index >= 15 is 0 Å². The summed E-state index contributed by atoms with van der Waals surface area (Å²) in [6.07, 6.45) is 3.20. The fourth-order valence-electron chi connectivity index (χ4n) is 2.06. The predicted octanol–water partition coefficient (Wildman–Crippen LogP) is 2.51. The van der Waals surface area contributed by atoms with Crippen molar-refractivity contribution in [2.24, 2.45) is 0 Å². The van der Waals surface area contributed by atoms with Gasteiger partial charge in [-0.1, -0.05) is 17.7 Å². The van der Waals surface area contributed by atoms with Crippen molar-refractivity contribution < 1.29 is 14.3 Å². The molecule has 1 heterocycles. The summed E-state index contributed by atoms with van der Waals surface area (Å²) in [4.78, 5) is 25.3. The number of esters is 1. The first-order valence-electron chi connectivity index (χ1n) is 6.37. The van der Waals surface area contributed by atoms with Crippen LogP contribution < -0.4 is 0 Å². The zero-order valence-corrected chi connectivity index (χ0v) is 11.4. The monoisotopic (exact) mass is 281 g/mol. The highest BCUT2D eigenvalue weighted by Crippen LogP contribution is 2.12. The van der Waals surface area contributed by atoms with Gasteiger partial charge in [-0.3, -0.25) is 4.79 Å². The molecule has 4 nitrogen and oxygen atoms in total. The molecule has 1 amide bonds. The van der Waals surface area contributed by atoms with Gasteiger partial charge < -0.3 is 9.64 Å². The normalized spacial score (nSPS) is 15.1. The van der Waals surface area contributed by atoms with Crippen LogP contribution in [-0.4, -0.2) is 36.5 Å². The highest BCUT2D eigenvalue weighted by atomic mass is 35.5. The van der Waals surface area contributed by atoms with E-state index < -0.39 is 5.97 Å². The molecule has 0 aromatic heterocycles. The average molecular weight is 282 g/mol. The van der Waals surface area contributed by atoms with Crippen LogP contribution in [0.25, 0.3) is 0 Å². The van der Waals surface area contributed by atoms with Crippen LogP contribution in [0.5, 0.6) is 0 Å². The lowest BCUT2D eigenvalue weighted by Gasteiger charge is -2.26. The van der Waals surface area contributed by atoms with Crippen molar-refractivity contribution in [3.63, 3.8) is 0 Å². The van der Waals surface area contributed by atoms with Gasteiger partial charge in [0.2, 0.25) is 0 Å². The van der Waals surface area contributed by atoms with Crippen LogP contribution in [0.3, 0.4) is 0 Å². The van der Waals surface area contributed by atoms with Gasteiger partial charge in [0, 0.05) is 18.1 Å². The van der Waals surface area contributed by atoms with E-state index in [4.69, 9.17) is 16.3 Å². The molecule has 0 spiro atoms. The van der Waals surface area contributed by atoms with E-state index in [0.717, 1.165) is 32.4 Å². The summed E-state index contributed by atoms with van der Waals surface area (Å²) in [6, 6.07) is 6.48. The van der Waals surface area contributed by atoms with Gasteiger partial charge in [0.15, 0.2) is 6.61 Å². The van der Waals surface area contributed by atoms with E-state index in [1.54, 1.807) is 23.1 Å². The molecule has 1 fully saturated rings. The molecule has 0 unspecified atom stereocenters. The van der Waals surface area contributed by atoms with Crippen molar-refractivity contribution in [2.75, 3.05) is 19.7 Å². The van der Waals surface area contributed by atoms with Crippen molar-refractivity contribution in [1.29, 1.82) is 0 Å². The molecule has 0 N–H and O–H groups in total. The first-order valence-corrected chi connectivity index (χ1v) is 6.75. The second-order valence-electron chi connectivity index (χ2n) is 4.53. The third-order valence-corrected chi connectivity index (χ3v) is 3.33. The minimum Gasteiger partial charge on any atom is -0.452 e. The van der Waals surface area contributed by atoms with Gasteiger partial charge in [-0.25, -0.2) is 4.79 Å². The molecule has 0 saturated carbocycles. The summed E-state index contributed by atoms with van der Waals surface area (Å²) in [6.45, 7) is 1.31. The SMILES string of the molecule is O=C(OCC(=O)N1CCCCC1)c1cccc(Cl)c1. The van der Waals surface area contributed by atoms with Gasteiger partial charge >= 0.3 is 5.97 Å². The van der Waals surface area contributed by atoms with E-state index in [2.05, 4.69) is 0 Å². The van der Waals surface area contributed by atoms with Gasteiger partial charge in [-0.2, -0.15) is 0 Å². The molecular formula is C14H16ClNO3. The Hall–Kier alpha value is -1.55. The van der Waals surface area contributed by atoms with Crippen LogP contribution in [0.1, 0.15) is 29.6 Å². The standard InChI is InChI=1S/C14H16ClNO3/c15-12-6-4-5-11(9-12)14(18)19-10-13(17)16-7-2-1-3-8-16/h4-6,9H,1-3,7-8,10H2. The Morgan fingerprint density at radius 3 is 2.63 bits per heavy atom. The van der Waals surface area contributed by atoms with Crippen molar-refractivity contribution in [2.45, 2.75) is 19.3 Å². The largest absolute Gasteiger partial charge is 0.452 e. The molecular weight excluding hydrogens is 266 g/mol. The molecule has 1 aromatic carbocycles. The molecule has 1 aromatic rings. The van der Waals surface area contributed by atoms with Crippen LogP contribution in [-0.2, 0) is 9.53 Å². The van der Waals surface area contributed by atoms with Gasteiger partial charge in [-0.05, 0) is 37.5 Å². The Bertz CT molecular complexity index is 470. The highest BCUT2D eigenvalue weighted by molar-refractivity contribution is 6.30. The summed E-state index contributed by atoms with van der Waals surface area (Å²) in [7, 11) is 0. The Kier molecular flexibility index (Phi) is 4.80. The van der Waals surface area contributed by atoms with Crippen LogP contribution in [0, 0.1) is 0 Å².